The Hall–Kier alpha value is -1.81. The zero-order chi connectivity index (χ0) is 15.1. The number of aryl methyl sites for hydroxylation is 1. The lowest BCUT2D eigenvalue weighted by molar-refractivity contribution is 0.459. The fourth-order valence-corrected chi connectivity index (χ4v) is 2.28. The van der Waals surface area contributed by atoms with Gasteiger partial charge >= 0.3 is 0 Å². The van der Waals surface area contributed by atoms with E-state index >= 15 is 0 Å². The number of ether oxygens (including phenoxy) is 1. The highest BCUT2D eigenvalue weighted by molar-refractivity contribution is 5.38. The number of nitrogens with one attached hydrogen (secondary N) is 1. The molecule has 1 N–H and O–H groups in total. The second-order valence-electron chi connectivity index (χ2n) is 5.25. The average molecular weight is 287 g/mol. The molecule has 4 nitrogen and oxygen atoms in total. The Morgan fingerprint density at radius 1 is 1.24 bits per heavy atom. The molecule has 0 saturated carbocycles. The summed E-state index contributed by atoms with van der Waals surface area (Å²) in [7, 11) is 0. The number of aromatic nitrogens is 2. The van der Waals surface area contributed by atoms with Crippen molar-refractivity contribution >= 4 is 0 Å². The zero-order valence-corrected chi connectivity index (χ0v) is 13.2. The summed E-state index contributed by atoms with van der Waals surface area (Å²) in [4.78, 5) is 0. The molecule has 0 saturated heterocycles. The van der Waals surface area contributed by atoms with E-state index in [9.17, 15) is 0 Å². The standard InChI is InChI=1S/C17H25N3O/c1-4-10-18-14(3)16-8-6-7-9-17(16)21-15-12-19-20(13-15)11-5-2/h6-9,12-14,18H,4-5,10-11H2,1-3H3. The molecule has 0 bridgehead atoms. The van der Waals surface area contributed by atoms with Crippen LogP contribution in [0, 0.1) is 0 Å². The highest BCUT2D eigenvalue weighted by Crippen LogP contribution is 2.29. The van der Waals surface area contributed by atoms with Crippen molar-refractivity contribution in [1.29, 1.82) is 0 Å². The third-order valence-electron chi connectivity index (χ3n) is 3.38. The highest BCUT2D eigenvalue weighted by atomic mass is 16.5. The quantitative estimate of drug-likeness (QED) is 0.793. The summed E-state index contributed by atoms with van der Waals surface area (Å²) in [5, 5.41) is 7.80. The molecular weight excluding hydrogens is 262 g/mol. The zero-order valence-electron chi connectivity index (χ0n) is 13.2. The van der Waals surface area contributed by atoms with Crippen molar-refractivity contribution in [2.75, 3.05) is 6.54 Å². The number of nitrogens with zero attached hydrogens (tertiary/aromatic N) is 2. The smallest absolute Gasteiger partial charge is 0.165 e. The van der Waals surface area contributed by atoms with Crippen LogP contribution in [0.1, 0.15) is 45.2 Å². The number of hydrogen-bond acceptors (Lipinski definition) is 3. The van der Waals surface area contributed by atoms with Gasteiger partial charge in [-0.1, -0.05) is 32.0 Å². The molecule has 1 atom stereocenters. The summed E-state index contributed by atoms with van der Waals surface area (Å²) < 4.78 is 7.93. The van der Waals surface area contributed by atoms with Crippen molar-refractivity contribution in [3.05, 3.63) is 42.2 Å². The lowest BCUT2D eigenvalue weighted by atomic mass is 10.1. The van der Waals surface area contributed by atoms with Gasteiger partial charge in [0.2, 0.25) is 0 Å². The van der Waals surface area contributed by atoms with Crippen LogP contribution in [-0.2, 0) is 6.54 Å². The second kappa shape index (κ2) is 7.84. The van der Waals surface area contributed by atoms with E-state index in [2.05, 4.69) is 37.3 Å². The highest BCUT2D eigenvalue weighted by Gasteiger charge is 2.11. The minimum Gasteiger partial charge on any atom is -0.454 e. The Bertz CT molecular complexity index is 550. The van der Waals surface area contributed by atoms with Crippen LogP contribution in [0.3, 0.4) is 0 Å². The van der Waals surface area contributed by atoms with E-state index in [4.69, 9.17) is 4.74 Å². The maximum atomic E-state index is 6.01. The van der Waals surface area contributed by atoms with Gasteiger partial charge in [-0.25, -0.2) is 0 Å². The SMILES string of the molecule is CCCNC(C)c1ccccc1Oc1cnn(CCC)c1. The molecule has 0 radical (unpaired) electrons. The topological polar surface area (TPSA) is 39.1 Å². The van der Waals surface area contributed by atoms with Gasteiger partial charge in [-0.3, -0.25) is 4.68 Å². The molecule has 0 spiro atoms. The summed E-state index contributed by atoms with van der Waals surface area (Å²) in [6.45, 7) is 8.39. The maximum absolute atomic E-state index is 6.01. The van der Waals surface area contributed by atoms with Crippen LogP contribution >= 0.6 is 0 Å². The van der Waals surface area contributed by atoms with Crippen LogP contribution in [0.4, 0.5) is 0 Å². The van der Waals surface area contributed by atoms with Crippen LogP contribution in [-0.4, -0.2) is 16.3 Å². The second-order valence-corrected chi connectivity index (χ2v) is 5.25. The molecule has 114 valence electrons. The molecule has 2 aromatic rings. The molecular formula is C17H25N3O. The largest absolute Gasteiger partial charge is 0.454 e. The van der Waals surface area contributed by atoms with E-state index in [0.29, 0.717) is 0 Å². The average Bonchev–Trinajstić information content (AvgIpc) is 2.93. The molecule has 1 aromatic heterocycles. The van der Waals surface area contributed by atoms with Crippen molar-refractivity contribution in [2.45, 2.75) is 46.2 Å². The lowest BCUT2D eigenvalue weighted by Crippen LogP contribution is -2.19. The third-order valence-corrected chi connectivity index (χ3v) is 3.38. The van der Waals surface area contributed by atoms with Crippen LogP contribution < -0.4 is 10.1 Å². The number of hydrogen-bond donors (Lipinski definition) is 1. The Balaban J connectivity index is 2.11. The van der Waals surface area contributed by atoms with E-state index < -0.39 is 0 Å². The molecule has 0 amide bonds. The fraction of sp³-hybridized carbons (Fsp3) is 0.471. The Morgan fingerprint density at radius 3 is 2.81 bits per heavy atom. The molecule has 2 rings (SSSR count). The van der Waals surface area contributed by atoms with Gasteiger partial charge in [-0.2, -0.15) is 5.10 Å². The molecule has 21 heavy (non-hydrogen) atoms. The molecule has 0 fully saturated rings. The van der Waals surface area contributed by atoms with E-state index in [1.54, 1.807) is 6.20 Å². The third kappa shape index (κ3) is 4.33. The van der Waals surface area contributed by atoms with Crippen LogP contribution in [0.15, 0.2) is 36.7 Å². The normalized spacial score (nSPS) is 12.3. The van der Waals surface area contributed by atoms with Crippen molar-refractivity contribution in [3.8, 4) is 11.5 Å². The predicted octanol–water partition coefficient (Wildman–Crippen LogP) is 4.15. The minimum atomic E-state index is 0.270. The first-order valence-corrected chi connectivity index (χ1v) is 7.77. The maximum Gasteiger partial charge on any atom is 0.165 e. The van der Waals surface area contributed by atoms with Crippen molar-refractivity contribution in [2.24, 2.45) is 0 Å². The van der Waals surface area contributed by atoms with Gasteiger partial charge in [-0.15, -0.1) is 0 Å². The lowest BCUT2D eigenvalue weighted by Gasteiger charge is -2.17. The van der Waals surface area contributed by atoms with Crippen LogP contribution in [0.5, 0.6) is 11.5 Å². The van der Waals surface area contributed by atoms with E-state index in [1.165, 1.54) is 5.56 Å². The summed E-state index contributed by atoms with van der Waals surface area (Å²) in [5.41, 5.74) is 1.18. The van der Waals surface area contributed by atoms with Gasteiger partial charge in [0.15, 0.2) is 5.75 Å². The summed E-state index contributed by atoms with van der Waals surface area (Å²) in [6, 6.07) is 8.44. The Labute approximate surface area is 127 Å². The fourth-order valence-electron chi connectivity index (χ4n) is 2.28. The van der Waals surface area contributed by atoms with Crippen molar-refractivity contribution < 1.29 is 4.74 Å². The molecule has 1 heterocycles. The van der Waals surface area contributed by atoms with Gasteiger partial charge < -0.3 is 10.1 Å². The molecule has 0 aliphatic rings. The molecule has 1 aromatic carbocycles. The Morgan fingerprint density at radius 2 is 2.05 bits per heavy atom. The van der Waals surface area contributed by atoms with Gasteiger partial charge in [0.1, 0.15) is 5.75 Å². The first kappa shape index (κ1) is 15.6. The Kier molecular flexibility index (Phi) is 5.81. The van der Waals surface area contributed by atoms with Crippen LogP contribution in [0.2, 0.25) is 0 Å². The van der Waals surface area contributed by atoms with E-state index in [-0.39, 0.29) is 6.04 Å². The number of benzene rings is 1. The van der Waals surface area contributed by atoms with Gasteiger partial charge in [0, 0.05) is 18.2 Å². The van der Waals surface area contributed by atoms with E-state index in [0.717, 1.165) is 37.4 Å². The van der Waals surface area contributed by atoms with Crippen molar-refractivity contribution in [1.82, 2.24) is 15.1 Å². The minimum absolute atomic E-state index is 0.270. The van der Waals surface area contributed by atoms with E-state index in [1.807, 2.05) is 29.1 Å². The number of rotatable bonds is 8. The first-order valence-electron chi connectivity index (χ1n) is 7.77. The molecule has 0 aliphatic carbocycles. The first-order chi connectivity index (χ1) is 10.2. The molecule has 4 heteroatoms. The molecule has 1 unspecified atom stereocenters. The summed E-state index contributed by atoms with van der Waals surface area (Å²) >= 11 is 0. The number of para-hydroxylation sites is 1. The monoisotopic (exact) mass is 287 g/mol. The predicted molar refractivity (Wildman–Crippen MR) is 85.7 cm³/mol. The van der Waals surface area contributed by atoms with Crippen LogP contribution in [0.25, 0.3) is 0 Å². The molecule has 0 aliphatic heterocycles. The van der Waals surface area contributed by atoms with Gasteiger partial charge in [-0.05, 0) is 32.4 Å². The summed E-state index contributed by atoms with van der Waals surface area (Å²) in [5.74, 6) is 1.68. The summed E-state index contributed by atoms with van der Waals surface area (Å²) in [6.07, 6.45) is 5.91. The van der Waals surface area contributed by atoms with Crippen molar-refractivity contribution in [3.63, 3.8) is 0 Å². The van der Waals surface area contributed by atoms with Gasteiger partial charge in [0.25, 0.3) is 0 Å². The van der Waals surface area contributed by atoms with Gasteiger partial charge in [0.05, 0.1) is 12.4 Å².